The molecule has 126 valence electrons. The van der Waals surface area contributed by atoms with E-state index in [9.17, 15) is 9.59 Å². The topological polar surface area (TPSA) is 85.8 Å². The zero-order valence-corrected chi connectivity index (χ0v) is 14.9. The first-order chi connectivity index (χ1) is 11.4. The second kappa shape index (κ2) is 7.93. The van der Waals surface area contributed by atoms with Crippen molar-refractivity contribution < 1.29 is 4.79 Å². The number of pyridine rings is 1. The number of hydrogen-bond donors (Lipinski definition) is 2. The zero-order valence-electron chi connectivity index (χ0n) is 14.1. The van der Waals surface area contributed by atoms with Crippen molar-refractivity contribution in [3.8, 4) is 6.07 Å². The number of rotatable bonds is 6. The normalized spacial score (nSPS) is 11.8. The van der Waals surface area contributed by atoms with Crippen LogP contribution in [0.4, 0.5) is 0 Å². The predicted molar refractivity (Wildman–Crippen MR) is 95.2 cm³/mol. The molecule has 2 N–H and O–H groups in total. The molecule has 6 heteroatoms. The fourth-order valence-corrected chi connectivity index (χ4v) is 3.50. The van der Waals surface area contributed by atoms with E-state index in [0.717, 1.165) is 17.7 Å². The van der Waals surface area contributed by atoms with Crippen molar-refractivity contribution in [2.75, 3.05) is 0 Å². The third-order valence-corrected chi connectivity index (χ3v) is 4.78. The Hall–Kier alpha value is -2.39. The van der Waals surface area contributed by atoms with Crippen LogP contribution in [-0.4, -0.2) is 16.9 Å². The minimum Gasteiger partial charge on any atom is -0.353 e. The summed E-state index contributed by atoms with van der Waals surface area (Å²) in [5.41, 5.74) is 3.23. The summed E-state index contributed by atoms with van der Waals surface area (Å²) >= 11 is 1.65. The quantitative estimate of drug-likeness (QED) is 0.845. The first-order valence-electron chi connectivity index (χ1n) is 7.85. The lowest BCUT2D eigenvalue weighted by atomic mass is 9.99. The van der Waals surface area contributed by atoms with Crippen LogP contribution in [0.15, 0.2) is 21.6 Å². The van der Waals surface area contributed by atoms with Crippen LogP contribution in [0.2, 0.25) is 0 Å². The van der Waals surface area contributed by atoms with Gasteiger partial charge in [-0.05, 0) is 67.1 Å². The number of hydrogen-bond acceptors (Lipinski definition) is 4. The maximum absolute atomic E-state index is 12.2. The van der Waals surface area contributed by atoms with E-state index in [1.165, 1.54) is 5.56 Å². The molecule has 1 unspecified atom stereocenters. The first kappa shape index (κ1) is 18.0. The van der Waals surface area contributed by atoms with E-state index >= 15 is 0 Å². The van der Waals surface area contributed by atoms with Crippen LogP contribution in [0.25, 0.3) is 0 Å². The fraction of sp³-hybridized carbons (Fsp3) is 0.389. The second-order valence-electron chi connectivity index (χ2n) is 5.97. The van der Waals surface area contributed by atoms with Crippen LogP contribution in [-0.2, 0) is 17.6 Å². The van der Waals surface area contributed by atoms with Crippen molar-refractivity contribution in [3.05, 3.63) is 55.1 Å². The molecule has 1 atom stereocenters. The van der Waals surface area contributed by atoms with E-state index in [1.807, 2.05) is 18.4 Å². The van der Waals surface area contributed by atoms with Gasteiger partial charge in [0.2, 0.25) is 5.91 Å². The Morgan fingerprint density at radius 1 is 1.46 bits per heavy atom. The van der Waals surface area contributed by atoms with E-state index in [-0.39, 0.29) is 23.1 Å². The number of aryl methyl sites for hydroxylation is 1. The maximum Gasteiger partial charge on any atom is 0.266 e. The van der Waals surface area contributed by atoms with Gasteiger partial charge in [-0.3, -0.25) is 9.59 Å². The number of aromatic amines is 1. The number of nitrogens with zero attached hydrogens (tertiary/aromatic N) is 1. The molecule has 0 aliphatic heterocycles. The molecule has 2 heterocycles. The summed E-state index contributed by atoms with van der Waals surface area (Å²) in [5, 5.41) is 16.2. The number of amides is 1. The molecule has 0 aliphatic rings. The average molecular weight is 343 g/mol. The maximum atomic E-state index is 12.2. The van der Waals surface area contributed by atoms with Crippen molar-refractivity contribution in [2.45, 2.75) is 46.1 Å². The van der Waals surface area contributed by atoms with Gasteiger partial charge < -0.3 is 10.3 Å². The average Bonchev–Trinajstić information content (AvgIpc) is 2.99. The van der Waals surface area contributed by atoms with Crippen LogP contribution >= 0.6 is 11.3 Å². The van der Waals surface area contributed by atoms with Gasteiger partial charge in [-0.1, -0.05) is 0 Å². The van der Waals surface area contributed by atoms with Gasteiger partial charge in [0.05, 0.1) is 0 Å². The molecule has 0 radical (unpaired) electrons. The molecule has 0 bridgehead atoms. The summed E-state index contributed by atoms with van der Waals surface area (Å²) in [6.07, 6.45) is 1.64. The molecule has 2 rings (SSSR count). The Morgan fingerprint density at radius 3 is 2.83 bits per heavy atom. The molecule has 24 heavy (non-hydrogen) atoms. The van der Waals surface area contributed by atoms with E-state index < -0.39 is 0 Å². The minimum atomic E-state index is -0.370. The molecule has 0 saturated carbocycles. The largest absolute Gasteiger partial charge is 0.353 e. The highest BCUT2D eigenvalue weighted by Crippen LogP contribution is 2.15. The molecule has 0 saturated heterocycles. The molecule has 0 spiro atoms. The first-order valence-corrected chi connectivity index (χ1v) is 8.79. The van der Waals surface area contributed by atoms with Crippen LogP contribution < -0.4 is 10.9 Å². The SMILES string of the molecule is Cc1[nH]c(=O)c(C#N)c(C)c1CCC(=O)NC(C)Cc1ccsc1. The highest BCUT2D eigenvalue weighted by atomic mass is 32.1. The van der Waals surface area contributed by atoms with Gasteiger partial charge in [-0.2, -0.15) is 16.6 Å². The van der Waals surface area contributed by atoms with Crippen molar-refractivity contribution in [2.24, 2.45) is 0 Å². The lowest BCUT2D eigenvalue weighted by molar-refractivity contribution is -0.121. The van der Waals surface area contributed by atoms with Gasteiger partial charge in [-0.25, -0.2) is 0 Å². The Labute approximate surface area is 145 Å². The van der Waals surface area contributed by atoms with Crippen molar-refractivity contribution >= 4 is 17.2 Å². The lowest BCUT2D eigenvalue weighted by Crippen LogP contribution is -2.34. The molecule has 0 fully saturated rings. The number of carbonyl (C=O) groups excluding carboxylic acids is 1. The smallest absolute Gasteiger partial charge is 0.266 e. The van der Waals surface area contributed by atoms with E-state index in [4.69, 9.17) is 5.26 Å². The number of aromatic nitrogens is 1. The predicted octanol–water partition coefficient (Wildman–Crippen LogP) is 2.60. The van der Waals surface area contributed by atoms with Crippen molar-refractivity contribution in [3.63, 3.8) is 0 Å². The molecular weight excluding hydrogens is 322 g/mol. The molecule has 2 aromatic rings. The molecular formula is C18H21N3O2S. The van der Waals surface area contributed by atoms with E-state index in [0.29, 0.717) is 18.4 Å². The standard InChI is InChI=1S/C18H21N3O2S/c1-11(8-14-6-7-24-10-14)20-17(22)5-4-15-12(2)16(9-19)18(23)21-13(15)3/h6-7,10-11H,4-5,8H2,1-3H3,(H,20,22)(H,21,23). The summed E-state index contributed by atoms with van der Waals surface area (Å²) in [5.74, 6) is -0.0266. The van der Waals surface area contributed by atoms with Gasteiger partial charge in [0, 0.05) is 18.2 Å². The van der Waals surface area contributed by atoms with E-state index in [2.05, 4.69) is 21.7 Å². The molecule has 2 aromatic heterocycles. The van der Waals surface area contributed by atoms with Crippen molar-refractivity contribution in [1.29, 1.82) is 5.26 Å². The van der Waals surface area contributed by atoms with Crippen LogP contribution in [0.5, 0.6) is 0 Å². The number of thiophene rings is 1. The lowest BCUT2D eigenvalue weighted by Gasteiger charge is -2.14. The summed E-state index contributed by atoms with van der Waals surface area (Å²) < 4.78 is 0. The number of nitrogens with one attached hydrogen (secondary N) is 2. The Balaban J connectivity index is 1.97. The van der Waals surface area contributed by atoms with Gasteiger partial charge in [0.15, 0.2) is 0 Å². The van der Waals surface area contributed by atoms with Gasteiger partial charge in [0.1, 0.15) is 11.6 Å². The Morgan fingerprint density at radius 2 is 2.21 bits per heavy atom. The third-order valence-electron chi connectivity index (χ3n) is 4.05. The van der Waals surface area contributed by atoms with Crippen LogP contribution in [0.3, 0.4) is 0 Å². The molecule has 0 aromatic carbocycles. The highest BCUT2D eigenvalue weighted by molar-refractivity contribution is 7.07. The van der Waals surface area contributed by atoms with Crippen LogP contribution in [0, 0.1) is 25.2 Å². The molecule has 5 nitrogen and oxygen atoms in total. The molecule has 0 aliphatic carbocycles. The number of H-pyrrole nitrogens is 1. The van der Waals surface area contributed by atoms with E-state index in [1.54, 1.807) is 25.2 Å². The molecule has 1 amide bonds. The minimum absolute atomic E-state index is 0.0266. The summed E-state index contributed by atoms with van der Waals surface area (Å²) in [7, 11) is 0. The van der Waals surface area contributed by atoms with Gasteiger partial charge >= 0.3 is 0 Å². The van der Waals surface area contributed by atoms with Gasteiger partial charge in [0.25, 0.3) is 5.56 Å². The summed E-state index contributed by atoms with van der Waals surface area (Å²) in [6.45, 7) is 5.54. The third kappa shape index (κ3) is 4.33. The monoisotopic (exact) mass is 343 g/mol. The number of carbonyl (C=O) groups is 1. The zero-order chi connectivity index (χ0) is 17.7. The summed E-state index contributed by atoms with van der Waals surface area (Å²) in [4.78, 5) is 26.6. The van der Waals surface area contributed by atoms with Crippen molar-refractivity contribution in [1.82, 2.24) is 10.3 Å². The number of nitriles is 1. The van der Waals surface area contributed by atoms with Crippen LogP contribution in [0.1, 0.15) is 41.3 Å². The Kier molecular flexibility index (Phi) is 5.93. The Bertz CT molecular complexity index is 816. The highest BCUT2D eigenvalue weighted by Gasteiger charge is 2.14. The van der Waals surface area contributed by atoms with Gasteiger partial charge in [-0.15, -0.1) is 0 Å². The summed E-state index contributed by atoms with van der Waals surface area (Å²) in [6, 6.07) is 4.06. The fourth-order valence-electron chi connectivity index (χ4n) is 2.82. The second-order valence-corrected chi connectivity index (χ2v) is 6.75.